The number of aryl methyl sites for hydroxylation is 2. The van der Waals surface area contributed by atoms with E-state index < -0.39 is 0 Å². The Balaban J connectivity index is 0.00000324. The van der Waals surface area contributed by atoms with E-state index in [2.05, 4.69) is 75.0 Å². The van der Waals surface area contributed by atoms with Crippen LogP contribution in [0.2, 0.25) is 0 Å². The van der Waals surface area contributed by atoms with Crippen molar-refractivity contribution in [3.63, 3.8) is 0 Å². The second-order valence-corrected chi connectivity index (χ2v) is 8.61. The van der Waals surface area contributed by atoms with Gasteiger partial charge in [0.05, 0.1) is 18.3 Å². The zero-order valence-electron chi connectivity index (χ0n) is 20.4. The molecule has 0 saturated carbocycles. The number of pyridine rings is 1. The molecule has 1 aromatic carbocycles. The molecule has 2 aromatic heterocycles. The average molecular weight is 574 g/mol. The maximum absolute atomic E-state index is 4.81. The van der Waals surface area contributed by atoms with E-state index in [1.807, 2.05) is 30.8 Å². The van der Waals surface area contributed by atoms with E-state index in [-0.39, 0.29) is 24.0 Å². The van der Waals surface area contributed by atoms with Crippen molar-refractivity contribution in [1.82, 2.24) is 30.3 Å². The number of hydrogen-bond acceptors (Lipinski definition) is 4. The lowest BCUT2D eigenvalue weighted by atomic mass is 10.1. The van der Waals surface area contributed by atoms with Gasteiger partial charge < -0.3 is 10.6 Å². The Kier molecular flexibility index (Phi) is 9.88. The van der Waals surface area contributed by atoms with Gasteiger partial charge in [0.1, 0.15) is 0 Å². The minimum Gasteiger partial charge on any atom is -0.357 e. The molecule has 0 spiro atoms. The van der Waals surface area contributed by atoms with Gasteiger partial charge in [0.2, 0.25) is 0 Å². The predicted octanol–water partition coefficient (Wildman–Crippen LogP) is 4.39. The van der Waals surface area contributed by atoms with Crippen LogP contribution >= 0.6 is 24.0 Å². The molecule has 34 heavy (non-hydrogen) atoms. The Hall–Kier alpha value is -2.46. The number of nitrogens with zero attached hydrogens (tertiary/aromatic N) is 5. The number of hydrogen-bond donors (Lipinski definition) is 2. The van der Waals surface area contributed by atoms with Crippen molar-refractivity contribution < 1.29 is 0 Å². The topological polar surface area (TPSA) is 70.4 Å². The van der Waals surface area contributed by atoms with Crippen LogP contribution in [-0.4, -0.2) is 51.8 Å². The van der Waals surface area contributed by atoms with Crippen LogP contribution in [0.1, 0.15) is 48.3 Å². The summed E-state index contributed by atoms with van der Waals surface area (Å²) in [6.07, 6.45) is 4.44. The molecule has 3 aromatic rings. The van der Waals surface area contributed by atoms with Crippen LogP contribution in [0.5, 0.6) is 0 Å². The molecule has 0 radical (unpaired) electrons. The summed E-state index contributed by atoms with van der Waals surface area (Å²) in [6.45, 7) is 10.7. The van der Waals surface area contributed by atoms with Crippen molar-refractivity contribution in [1.29, 1.82) is 0 Å². The highest BCUT2D eigenvalue weighted by Crippen LogP contribution is 2.24. The highest BCUT2D eigenvalue weighted by atomic mass is 127. The van der Waals surface area contributed by atoms with E-state index in [1.54, 1.807) is 0 Å². The summed E-state index contributed by atoms with van der Waals surface area (Å²) in [5.41, 5.74) is 4.49. The Morgan fingerprint density at radius 3 is 2.44 bits per heavy atom. The molecule has 1 atom stereocenters. The van der Waals surface area contributed by atoms with E-state index in [4.69, 9.17) is 4.99 Å². The van der Waals surface area contributed by atoms with Crippen LogP contribution in [0.15, 0.2) is 59.7 Å². The number of aromatic nitrogens is 3. The van der Waals surface area contributed by atoms with Crippen molar-refractivity contribution in [2.75, 3.05) is 26.2 Å². The van der Waals surface area contributed by atoms with Crippen molar-refractivity contribution in [3.05, 3.63) is 77.2 Å². The third-order valence-electron chi connectivity index (χ3n) is 6.03. The summed E-state index contributed by atoms with van der Waals surface area (Å²) in [7, 11) is 0. The molecule has 1 unspecified atom stereocenters. The largest absolute Gasteiger partial charge is 0.357 e. The van der Waals surface area contributed by atoms with E-state index in [9.17, 15) is 0 Å². The molecule has 3 heterocycles. The zero-order chi connectivity index (χ0) is 23.0. The fourth-order valence-electron chi connectivity index (χ4n) is 4.39. The van der Waals surface area contributed by atoms with E-state index in [1.165, 1.54) is 18.4 Å². The van der Waals surface area contributed by atoms with Gasteiger partial charge in [0.15, 0.2) is 11.8 Å². The van der Waals surface area contributed by atoms with Crippen LogP contribution in [0.4, 0.5) is 0 Å². The molecule has 4 rings (SSSR count). The smallest absolute Gasteiger partial charge is 0.191 e. The fourth-order valence-corrected chi connectivity index (χ4v) is 4.39. The SMILES string of the molecule is CCNC(=NCc1ccc(-n2nc(C)cc2C)nc1)NCC(c1ccccc1)N1CCCC1.I. The number of guanidine groups is 1. The minimum atomic E-state index is 0. The number of likely N-dealkylation sites (tertiary alicyclic amines) is 1. The van der Waals surface area contributed by atoms with Gasteiger partial charge in [-0.15, -0.1) is 24.0 Å². The van der Waals surface area contributed by atoms with Gasteiger partial charge in [-0.3, -0.25) is 4.90 Å². The number of rotatable bonds is 8. The van der Waals surface area contributed by atoms with Crippen LogP contribution in [0.25, 0.3) is 5.82 Å². The van der Waals surface area contributed by atoms with Gasteiger partial charge in [-0.05, 0) is 70.0 Å². The molecule has 7 nitrogen and oxygen atoms in total. The first-order valence-corrected chi connectivity index (χ1v) is 11.9. The maximum atomic E-state index is 4.81. The molecule has 182 valence electrons. The molecular formula is C26H36IN7. The predicted molar refractivity (Wildman–Crippen MR) is 149 cm³/mol. The van der Waals surface area contributed by atoms with Gasteiger partial charge in [0.25, 0.3) is 0 Å². The second kappa shape index (κ2) is 12.9. The Morgan fingerprint density at radius 1 is 1.06 bits per heavy atom. The molecule has 0 aliphatic carbocycles. The van der Waals surface area contributed by atoms with Gasteiger partial charge in [-0.1, -0.05) is 36.4 Å². The average Bonchev–Trinajstić information content (AvgIpc) is 3.48. The maximum Gasteiger partial charge on any atom is 0.191 e. The quantitative estimate of drug-likeness (QED) is 0.238. The zero-order valence-corrected chi connectivity index (χ0v) is 22.7. The van der Waals surface area contributed by atoms with Crippen LogP contribution in [0.3, 0.4) is 0 Å². The lowest BCUT2D eigenvalue weighted by Crippen LogP contribution is -2.42. The molecular weight excluding hydrogens is 537 g/mol. The summed E-state index contributed by atoms with van der Waals surface area (Å²) < 4.78 is 1.87. The Bertz CT molecular complexity index is 1040. The lowest BCUT2D eigenvalue weighted by Gasteiger charge is -2.29. The molecule has 0 bridgehead atoms. The van der Waals surface area contributed by atoms with E-state index >= 15 is 0 Å². The minimum absolute atomic E-state index is 0. The number of benzene rings is 1. The van der Waals surface area contributed by atoms with Crippen molar-refractivity contribution >= 4 is 29.9 Å². The summed E-state index contributed by atoms with van der Waals surface area (Å²) in [5, 5.41) is 11.5. The van der Waals surface area contributed by atoms with Gasteiger partial charge in [-0.2, -0.15) is 5.10 Å². The summed E-state index contributed by atoms with van der Waals surface area (Å²) in [6, 6.07) is 17.3. The lowest BCUT2D eigenvalue weighted by molar-refractivity contribution is 0.245. The standard InChI is InChI=1S/C26H35N7.HI/c1-4-27-26(30-19-24(32-14-8-9-15-32)23-10-6-5-7-11-23)29-18-22-12-13-25(28-17-22)33-21(3)16-20(2)31-33;/h5-7,10-13,16-17,24H,4,8-9,14-15,18-19H2,1-3H3,(H2,27,29,30);1H. The number of aliphatic imine (C=N–C) groups is 1. The number of halogens is 1. The molecule has 2 N–H and O–H groups in total. The number of nitrogens with one attached hydrogen (secondary N) is 2. The highest BCUT2D eigenvalue weighted by Gasteiger charge is 2.23. The first-order valence-electron chi connectivity index (χ1n) is 11.9. The van der Waals surface area contributed by atoms with Gasteiger partial charge in [-0.25, -0.2) is 14.7 Å². The monoisotopic (exact) mass is 573 g/mol. The normalized spacial score (nSPS) is 15.1. The van der Waals surface area contributed by atoms with E-state index in [0.717, 1.165) is 54.9 Å². The van der Waals surface area contributed by atoms with Crippen molar-refractivity contribution in [3.8, 4) is 5.82 Å². The first kappa shape index (κ1) is 26.2. The first-order chi connectivity index (χ1) is 16.1. The van der Waals surface area contributed by atoms with Crippen molar-refractivity contribution in [2.45, 2.75) is 46.2 Å². The van der Waals surface area contributed by atoms with Gasteiger partial charge in [0, 0.05) is 25.0 Å². The molecule has 8 heteroatoms. The summed E-state index contributed by atoms with van der Waals surface area (Å²) in [4.78, 5) is 12.0. The summed E-state index contributed by atoms with van der Waals surface area (Å²) in [5.74, 6) is 1.66. The Labute approximate surface area is 220 Å². The fraction of sp³-hybridized carbons (Fsp3) is 0.423. The molecule has 1 saturated heterocycles. The highest BCUT2D eigenvalue weighted by molar-refractivity contribution is 14.0. The summed E-state index contributed by atoms with van der Waals surface area (Å²) >= 11 is 0. The third kappa shape index (κ3) is 6.79. The molecule has 0 amide bonds. The molecule has 1 aliphatic rings. The van der Waals surface area contributed by atoms with Crippen LogP contribution in [0, 0.1) is 13.8 Å². The van der Waals surface area contributed by atoms with Crippen LogP contribution in [-0.2, 0) is 6.54 Å². The van der Waals surface area contributed by atoms with Gasteiger partial charge >= 0.3 is 0 Å². The van der Waals surface area contributed by atoms with Crippen molar-refractivity contribution in [2.24, 2.45) is 4.99 Å². The van der Waals surface area contributed by atoms with Crippen LogP contribution < -0.4 is 10.6 Å². The molecule has 1 fully saturated rings. The second-order valence-electron chi connectivity index (χ2n) is 8.61. The molecule has 1 aliphatic heterocycles. The van der Waals surface area contributed by atoms with E-state index in [0.29, 0.717) is 12.6 Å². The third-order valence-corrected chi connectivity index (χ3v) is 6.03. The Morgan fingerprint density at radius 2 is 1.82 bits per heavy atom.